The van der Waals surface area contributed by atoms with Crippen molar-refractivity contribution in [3.8, 4) is 0 Å². The highest BCUT2D eigenvalue weighted by atomic mass is 16.5. The van der Waals surface area contributed by atoms with Crippen molar-refractivity contribution in [3.63, 3.8) is 0 Å². The van der Waals surface area contributed by atoms with E-state index in [1.807, 2.05) is 35.4 Å². The van der Waals surface area contributed by atoms with Gasteiger partial charge in [0.15, 0.2) is 0 Å². The van der Waals surface area contributed by atoms with Gasteiger partial charge < -0.3 is 19.9 Å². The fraction of sp³-hybridized carbons (Fsp3) is 0.520. The molecule has 1 aromatic heterocycles. The highest BCUT2D eigenvalue weighted by molar-refractivity contribution is 5.93. The molecule has 0 unspecified atom stereocenters. The summed E-state index contributed by atoms with van der Waals surface area (Å²) in [4.78, 5) is 31.5. The fourth-order valence-electron chi connectivity index (χ4n) is 5.54. The first-order chi connectivity index (χ1) is 15.1. The number of nitrogens with one attached hydrogen (secondary N) is 2. The topological polar surface area (TPSA) is 74.4 Å². The second-order valence-corrected chi connectivity index (χ2v) is 9.12. The van der Waals surface area contributed by atoms with Gasteiger partial charge in [-0.15, -0.1) is 0 Å². The average molecular weight is 422 g/mol. The SMILES string of the molecule is CCCCCCNC(=O)[C@@H]1[C@H]2C=C[C@@]3(CN(CCc4c[nH]c5ccccc45)C(=O)[C@@H]13)O2. The van der Waals surface area contributed by atoms with Crippen LogP contribution in [-0.4, -0.2) is 53.0 Å². The van der Waals surface area contributed by atoms with Gasteiger partial charge in [-0.25, -0.2) is 0 Å². The third kappa shape index (κ3) is 3.47. The van der Waals surface area contributed by atoms with E-state index in [9.17, 15) is 9.59 Å². The Hall–Kier alpha value is -2.60. The number of likely N-dealkylation sites (tertiary alicyclic amines) is 1. The van der Waals surface area contributed by atoms with Gasteiger partial charge in [0.2, 0.25) is 11.8 Å². The molecular weight excluding hydrogens is 390 g/mol. The van der Waals surface area contributed by atoms with E-state index in [1.165, 1.54) is 23.8 Å². The molecule has 0 saturated carbocycles. The fourth-order valence-corrected chi connectivity index (χ4v) is 5.54. The van der Waals surface area contributed by atoms with Crippen molar-refractivity contribution in [1.82, 2.24) is 15.2 Å². The molecule has 1 aromatic carbocycles. The summed E-state index contributed by atoms with van der Waals surface area (Å²) in [6.45, 7) is 4.01. The number of H-pyrrole nitrogens is 1. The number of rotatable bonds is 9. The van der Waals surface area contributed by atoms with E-state index in [-0.39, 0.29) is 17.9 Å². The molecule has 3 aliphatic heterocycles. The van der Waals surface area contributed by atoms with Crippen LogP contribution in [-0.2, 0) is 20.7 Å². The van der Waals surface area contributed by atoms with Crippen LogP contribution in [0.2, 0.25) is 0 Å². The van der Waals surface area contributed by atoms with Crippen LogP contribution in [0.5, 0.6) is 0 Å². The van der Waals surface area contributed by atoms with Gasteiger partial charge in [-0.05, 0) is 24.5 Å². The Morgan fingerprint density at radius 2 is 2.16 bits per heavy atom. The monoisotopic (exact) mass is 421 g/mol. The summed E-state index contributed by atoms with van der Waals surface area (Å²) < 4.78 is 6.23. The molecule has 3 aliphatic rings. The maximum atomic E-state index is 13.3. The Balaban J connectivity index is 1.24. The molecule has 0 radical (unpaired) electrons. The summed E-state index contributed by atoms with van der Waals surface area (Å²) >= 11 is 0. The minimum atomic E-state index is -0.633. The van der Waals surface area contributed by atoms with Crippen LogP contribution in [0.3, 0.4) is 0 Å². The molecule has 2 saturated heterocycles. The zero-order valence-electron chi connectivity index (χ0n) is 18.1. The molecule has 6 nitrogen and oxygen atoms in total. The lowest BCUT2D eigenvalue weighted by Crippen LogP contribution is -2.44. The lowest BCUT2D eigenvalue weighted by Gasteiger charge is -2.23. The lowest BCUT2D eigenvalue weighted by atomic mass is 9.77. The van der Waals surface area contributed by atoms with Gasteiger partial charge in [0, 0.05) is 30.2 Å². The largest absolute Gasteiger partial charge is 0.361 e. The van der Waals surface area contributed by atoms with E-state index >= 15 is 0 Å². The number of unbranched alkanes of at least 4 members (excludes halogenated alkanes) is 3. The minimum absolute atomic E-state index is 0.0375. The first kappa shape index (κ1) is 20.3. The molecule has 2 bridgehead atoms. The zero-order valence-corrected chi connectivity index (χ0v) is 18.1. The van der Waals surface area contributed by atoms with Crippen LogP contribution < -0.4 is 5.32 Å². The number of aromatic amines is 1. The van der Waals surface area contributed by atoms with Crippen LogP contribution in [0.25, 0.3) is 10.9 Å². The van der Waals surface area contributed by atoms with Gasteiger partial charge in [0.1, 0.15) is 5.60 Å². The van der Waals surface area contributed by atoms with E-state index in [4.69, 9.17) is 4.74 Å². The van der Waals surface area contributed by atoms with Crippen molar-refractivity contribution in [1.29, 1.82) is 0 Å². The first-order valence-electron chi connectivity index (χ1n) is 11.6. The predicted octanol–water partition coefficient (Wildman–Crippen LogP) is 3.19. The number of amides is 2. The van der Waals surface area contributed by atoms with E-state index in [1.54, 1.807) is 0 Å². The van der Waals surface area contributed by atoms with Gasteiger partial charge in [0.25, 0.3) is 0 Å². The molecule has 0 aliphatic carbocycles. The lowest BCUT2D eigenvalue weighted by molar-refractivity contribution is -0.137. The molecule has 2 fully saturated rings. The van der Waals surface area contributed by atoms with Gasteiger partial charge in [0.05, 0.1) is 24.5 Å². The molecule has 2 amide bonds. The van der Waals surface area contributed by atoms with E-state index in [2.05, 4.69) is 29.4 Å². The maximum absolute atomic E-state index is 13.3. The summed E-state index contributed by atoms with van der Waals surface area (Å²) in [5.41, 5.74) is 1.69. The number of para-hydroxylation sites is 1. The number of hydrogen-bond acceptors (Lipinski definition) is 3. The standard InChI is InChI=1S/C25H31N3O3/c1-2-3-4-7-13-26-23(29)21-20-10-12-25(31-20)16-28(24(30)22(21)25)14-11-17-15-27-19-9-6-5-8-18(17)19/h5-6,8-10,12,15,20-22,27H,2-4,7,11,13-14,16H2,1H3,(H,26,29)/t20-,21-,22-,25+/m1/s1. The highest BCUT2D eigenvalue weighted by Crippen LogP contribution is 2.51. The maximum Gasteiger partial charge on any atom is 0.230 e. The summed E-state index contributed by atoms with van der Waals surface area (Å²) in [7, 11) is 0. The van der Waals surface area contributed by atoms with Gasteiger partial charge in [-0.1, -0.05) is 56.5 Å². The van der Waals surface area contributed by atoms with Crippen LogP contribution in [0, 0.1) is 11.8 Å². The summed E-state index contributed by atoms with van der Waals surface area (Å²) in [5, 5.41) is 4.26. The molecule has 2 aromatic rings. The predicted molar refractivity (Wildman–Crippen MR) is 119 cm³/mol. The number of benzene rings is 1. The van der Waals surface area contributed by atoms with E-state index < -0.39 is 17.4 Å². The molecular formula is C25H31N3O3. The molecule has 1 spiro atoms. The first-order valence-corrected chi connectivity index (χ1v) is 11.6. The zero-order chi connectivity index (χ0) is 21.4. The Kier molecular flexibility index (Phi) is 5.34. The van der Waals surface area contributed by atoms with Crippen LogP contribution >= 0.6 is 0 Å². The number of ether oxygens (including phenoxy) is 1. The van der Waals surface area contributed by atoms with E-state index in [0.29, 0.717) is 19.6 Å². The highest BCUT2D eigenvalue weighted by Gasteiger charge is 2.66. The van der Waals surface area contributed by atoms with Crippen LogP contribution in [0.4, 0.5) is 0 Å². The van der Waals surface area contributed by atoms with Gasteiger partial charge >= 0.3 is 0 Å². The number of hydrogen-bond donors (Lipinski definition) is 2. The quantitative estimate of drug-likeness (QED) is 0.482. The summed E-state index contributed by atoms with van der Waals surface area (Å²) in [5.74, 6) is -0.801. The molecule has 5 rings (SSSR count). The van der Waals surface area contributed by atoms with Crippen molar-refractivity contribution in [2.24, 2.45) is 11.8 Å². The number of aromatic nitrogens is 1. The summed E-state index contributed by atoms with van der Waals surface area (Å²) in [6.07, 6.45) is 11.0. The van der Waals surface area contributed by atoms with Gasteiger partial charge in [-0.2, -0.15) is 0 Å². The normalized spacial score (nSPS) is 28.6. The third-order valence-electron chi connectivity index (χ3n) is 7.14. The average Bonchev–Trinajstić information content (AvgIpc) is 3.52. The van der Waals surface area contributed by atoms with Crippen LogP contribution in [0.15, 0.2) is 42.6 Å². The smallest absolute Gasteiger partial charge is 0.230 e. The molecule has 4 heterocycles. The molecule has 164 valence electrons. The summed E-state index contributed by atoms with van der Waals surface area (Å²) in [6, 6.07) is 8.22. The third-order valence-corrected chi connectivity index (χ3v) is 7.14. The van der Waals surface area contributed by atoms with Crippen molar-refractivity contribution >= 4 is 22.7 Å². The number of carbonyl (C=O) groups excluding carboxylic acids is 2. The Bertz CT molecular complexity index is 1010. The number of nitrogens with zero attached hydrogens (tertiary/aromatic N) is 1. The van der Waals surface area contributed by atoms with E-state index in [0.717, 1.165) is 24.8 Å². The second kappa shape index (κ2) is 8.15. The van der Waals surface area contributed by atoms with Gasteiger partial charge in [-0.3, -0.25) is 9.59 Å². The molecule has 6 heteroatoms. The molecule has 2 N–H and O–H groups in total. The molecule has 4 atom stereocenters. The van der Waals surface area contributed by atoms with Crippen LogP contribution in [0.1, 0.15) is 38.2 Å². The Labute approximate surface area is 183 Å². The molecule has 31 heavy (non-hydrogen) atoms. The number of carbonyl (C=O) groups is 2. The second-order valence-electron chi connectivity index (χ2n) is 9.12. The van der Waals surface area contributed by atoms with Crippen molar-refractivity contribution in [3.05, 3.63) is 48.2 Å². The van der Waals surface area contributed by atoms with Crippen molar-refractivity contribution < 1.29 is 14.3 Å². The number of fused-ring (bicyclic) bond motifs is 2. The Morgan fingerprint density at radius 3 is 3.03 bits per heavy atom. The Morgan fingerprint density at radius 1 is 1.29 bits per heavy atom. The van der Waals surface area contributed by atoms with Crippen molar-refractivity contribution in [2.45, 2.75) is 50.7 Å². The minimum Gasteiger partial charge on any atom is -0.361 e. The van der Waals surface area contributed by atoms with Crippen molar-refractivity contribution in [2.75, 3.05) is 19.6 Å².